The van der Waals surface area contributed by atoms with Gasteiger partial charge in [0.25, 0.3) is 0 Å². The minimum Gasteiger partial charge on any atom is -0.490 e. The van der Waals surface area contributed by atoms with Crippen molar-refractivity contribution in [3.05, 3.63) is 30.5 Å². The molecule has 2 atom stereocenters. The third-order valence-corrected chi connectivity index (χ3v) is 3.93. The monoisotopic (exact) mass is 272 g/mol. The normalized spacial score (nSPS) is 22.9. The zero-order valence-corrected chi connectivity index (χ0v) is 11.7. The summed E-state index contributed by atoms with van der Waals surface area (Å²) in [6, 6.07) is 7.66. The molecule has 1 aliphatic rings. The summed E-state index contributed by atoms with van der Waals surface area (Å²) >= 11 is 0. The van der Waals surface area contributed by atoms with Crippen LogP contribution in [0.5, 0.6) is 5.75 Å². The molecule has 0 bridgehead atoms. The number of aromatic nitrogens is 1. The van der Waals surface area contributed by atoms with E-state index in [4.69, 9.17) is 15.2 Å². The lowest BCUT2D eigenvalue weighted by atomic mass is 9.95. The predicted molar refractivity (Wildman–Crippen MR) is 79.8 cm³/mol. The van der Waals surface area contributed by atoms with Gasteiger partial charge in [0.1, 0.15) is 11.9 Å². The van der Waals surface area contributed by atoms with Crippen LogP contribution in [0.2, 0.25) is 0 Å². The van der Waals surface area contributed by atoms with Gasteiger partial charge in [0, 0.05) is 30.8 Å². The van der Waals surface area contributed by atoms with E-state index in [0.717, 1.165) is 48.0 Å². The Morgan fingerprint density at radius 2 is 2.05 bits per heavy atom. The van der Waals surface area contributed by atoms with Crippen molar-refractivity contribution < 1.29 is 9.47 Å². The van der Waals surface area contributed by atoms with E-state index in [1.807, 2.05) is 24.3 Å². The number of benzene rings is 1. The van der Waals surface area contributed by atoms with Crippen LogP contribution in [-0.4, -0.2) is 24.3 Å². The van der Waals surface area contributed by atoms with Gasteiger partial charge in [0.2, 0.25) is 0 Å². The minimum absolute atomic E-state index is 0.219. The number of rotatable bonds is 3. The van der Waals surface area contributed by atoms with Crippen LogP contribution < -0.4 is 10.5 Å². The molecular formula is C16H20N2O2. The van der Waals surface area contributed by atoms with Crippen LogP contribution in [0.4, 0.5) is 5.69 Å². The van der Waals surface area contributed by atoms with Crippen molar-refractivity contribution in [2.45, 2.75) is 37.9 Å². The molecule has 20 heavy (non-hydrogen) atoms. The quantitative estimate of drug-likeness (QED) is 0.872. The molecule has 2 N–H and O–H groups in total. The van der Waals surface area contributed by atoms with Gasteiger partial charge < -0.3 is 15.2 Å². The second-order valence-corrected chi connectivity index (χ2v) is 5.35. The summed E-state index contributed by atoms with van der Waals surface area (Å²) < 4.78 is 11.6. The van der Waals surface area contributed by atoms with Gasteiger partial charge in [-0.15, -0.1) is 0 Å². The molecule has 0 spiro atoms. The number of nitrogens with two attached hydrogens (primary N) is 1. The van der Waals surface area contributed by atoms with Crippen molar-refractivity contribution >= 4 is 16.6 Å². The maximum absolute atomic E-state index is 6.18. The van der Waals surface area contributed by atoms with Gasteiger partial charge in [-0.05, 0) is 43.5 Å². The number of fused-ring (bicyclic) bond motifs is 1. The third kappa shape index (κ3) is 2.70. The molecule has 4 nitrogen and oxygen atoms in total. The van der Waals surface area contributed by atoms with E-state index in [9.17, 15) is 0 Å². The van der Waals surface area contributed by atoms with Gasteiger partial charge in [-0.2, -0.15) is 0 Å². The highest BCUT2D eigenvalue weighted by molar-refractivity contribution is 5.87. The van der Waals surface area contributed by atoms with Crippen molar-refractivity contribution in [3.63, 3.8) is 0 Å². The molecule has 0 radical (unpaired) electrons. The average Bonchev–Trinajstić information content (AvgIpc) is 2.47. The molecule has 4 heteroatoms. The Morgan fingerprint density at radius 3 is 2.90 bits per heavy atom. The molecule has 1 heterocycles. The fraction of sp³-hybridized carbons (Fsp3) is 0.438. The Labute approximate surface area is 118 Å². The maximum Gasteiger partial charge on any atom is 0.130 e. The van der Waals surface area contributed by atoms with E-state index in [-0.39, 0.29) is 6.10 Å². The lowest BCUT2D eigenvalue weighted by molar-refractivity contribution is 0.0214. The summed E-state index contributed by atoms with van der Waals surface area (Å²) in [5.41, 5.74) is 7.40. The smallest absolute Gasteiger partial charge is 0.130 e. The van der Waals surface area contributed by atoms with Crippen LogP contribution in [0.15, 0.2) is 30.5 Å². The first-order valence-corrected chi connectivity index (χ1v) is 7.10. The molecule has 1 aliphatic carbocycles. The molecule has 1 saturated carbocycles. The highest BCUT2D eigenvalue weighted by Crippen LogP contribution is 2.30. The van der Waals surface area contributed by atoms with Crippen LogP contribution in [0.1, 0.15) is 25.7 Å². The fourth-order valence-electron chi connectivity index (χ4n) is 2.84. The summed E-state index contributed by atoms with van der Waals surface area (Å²) in [5, 5.41) is 1.02. The van der Waals surface area contributed by atoms with E-state index < -0.39 is 0 Å². The number of nitrogens with zero attached hydrogens (tertiary/aromatic N) is 1. The summed E-state index contributed by atoms with van der Waals surface area (Å²) in [4.78, 5) is 4.34. The molecule has 0 aliphatic heterocycles. The van der Waals surface area contributed by atoms with Crippen LogP contribution in [0, 0.1) is 0 Å². The van der Waals surface area contributed by atoms with Crippen molar-refractivity contribution in [2.24, 2.45) is 0 Å². The van der Waals surface area contributed by atoms with Crippen molar-refractivity contribution in [2.75, 3.05) is 12.8 Å². The van der Waals surface area contributed by atoms with E-state index in [2.05, 4.69) is 4.98 Å². The summed E-state index contributed by atoms with van der Waals surface area (Å²) in [6.45, 7) is 0. The van der Waals surface area contributed by atoms with Crippen molar-refractivity contribution in [1.29, 1.82) is 0 Å². The average molecular weight is 272 g/mol. The highest BCUT2D eigenvalue weighted by Gasteiger charge is 2.23. The number of hydrogen-bond donors (Lipinski definition) is 1. The topological polar surface area (TPSA) is 57.4 Å². The van der Waals surface area contributed by atoms with Crippen LogP contribution in [-0.2, 0) is 4.74 Å². The summed E-state index contributed by atoms with van der Waals surface area (Å²) in [7, 11) is 1.78. The lowest BCUT2D eigenvalue weighted by Crippen LogP contribution is -2.29. The van der Waals surface area contributed by atoms with Gasteiger partial charge in [-0.1, -0.05) is 0 Å². The number of hydrogen-bond acceptors (Lipinski definition) is 4. The Bertz CT molecular complexity index is 600. The van der Waals surface area contributed by atoms with Gasteiger partial charge in [0.15, 0.2) is 0 Å². The van der Waals surface area contributed by atoms with E-state index in [1.165, 1.54) is 0 Å². The lowest BCUT2D eigenvalue weighted by Gasteiger charge is -2.29. The van der Waals surface area contributed by atoms with Crippen LogP contribution >= 0.6 is 0 Å². The van der Waals surface area contributed by atoms with Gasteiger partial charge in [-0.3, -0.25) is 4.98 Å². The molecule has 1 aromatic carbocycles. The molecule has 0 saturated heterocycles. The standard InChI is InChI=1S/C16H20N2O2/c1-19-12-3-2-4-13(10-12)20-16-7-8-18-15-9-11(17)5-6-14(15)16/h5-9,12-13H,2-4,10,17H2,1H3. The summed E-state index contributed by atoms with van der Waals surface area (Å²) in [5.74, 6) is 0.886. The second kappa shape index (κ2) is 5.67. The molecular weight excluding hydrogens is 252 g/mol. The fourth-order valence-corrected chi connectivity index (χ4v) is 2.84. The number of ether oxygens (including phenoxy) is 2. The third-order valence-electron chi connectivity index (χ3n) is 3.93. The highest BCUT2D eigenvalue weighted by atomic mass is 16.5. The molecule has 1 aromatic heterocycles. The minimum atomic E-state index is 0.219. The number of anilines is 1. The second-order valence-electron chi connectivity index (χ2n) is 5.35. The Morgan fingerprint density at radius 1 is 1.20 bits per heavy atom. The summed E-state index contributed by atoms with van der Waals surface area (Å²) in [6.07, 6.45) is 6.62. The van der Waals surface area contributed by atoms with Crippen LogP contribution in [0.3, 0.4) is 0 Å². The van der Waals surface area contributed by atoms with Crippen molar-refractivity contribution in [1.82, 2.24) is 4.98 Å². The van der Waals surface area contributed by atoms with E-state index in [1.54, 1.807) is 13.3 Å². The van der Waals surface area contributed by atoms with Gasteiger partial charge >= 0.3 is 0 Å². The van der Waals surface area contributed by atoms with Gasteiger partial charge in [0.05, 0.1) is 11.6 Å². The SMILES string of the molecule is COC1CCCC(Oc2ccnc3cc(N)ccc23)C1. The first-order chi connectivity index (χ1) is 9.76. The first kappa shape index (κ1) is 13.2. The Kier molecular flexibility index (Phi) is 3.74. The molecule has 106 valence electrons. The first-order valence-electron chi connectivity index (χ1n) is 7.10. The number of methoxy groups -OCH3 is 1. The van der Waals surface area contributed by atoms with Gasteiger partial charge in [-0.25, -0.2) is 0 Å². The largest absolute Gasteiger partial charge is 0.490 e. The predicted octanol–water partition coefficient (Wildman–Crippen LogP) is 3.15. The molecule has 3 rings (SSSR count). The molecule has 2 unspecified atom stereocenters. The maximum atomic E-state index is 6.18. The van der Waals surface area contributed by atoms with E-state index >= 15 is 0 Å². The zero-order chi connectivity index (χ0) is 13.9. The Hall–Kier alpha value is -1.81. The van der Waals surface area contributed by atoms with E-state index in [0.29, 0.717) is 6.10 Å². The molecule has 0 amide bonds. The molecule has 1 fully saturated rings. The Balaban J connectivity index is 1.83. The van der Waals surface area contributed by atoms with Crippen molar-refractivity contribution in [3.8, 4) is 5.75 Å². The zero-order valence-electron chi connectivity index (χ0n) is 11.7. The van der Waals surface area contributed by atoms with Crippen LogP contribution in [0.25, 0.3) is 10.9 Å². The molecule has 2 aromatic rings. The number of pyridine rings is 1. The number of nitrogen functional groups attached to an aromatic ring is 1.